The van der Waals surface area contributed by atoms with E-state index in [1.807, 2.05) is 0 Å². The number of carbonyl (C=O) groups is 4. The average molecular weight is 497 g/mol. The predicted octanol–water partition coefficient (Wildman–Crippen LogP) is 1.84. The summed E-state index contributed by atoms with van der Waals surface area (Å²) in [6.07, 6.45) is 0.230. The Kier molecular flexibility index (Phi) is 5.56. The number of para-hydroxylation sites is 1. The summed E-state index contributed by atoms with van der Waals surface area (Å²) in [5, 5.41) is 6.64. The Morgan fingerprint density at radius 1 is 1.17 bits per heavy atom. The number of nitrogens with zero attached hydrogens (tertiary/aromatic N) is 1. The van der Waals surface area contributed by atoms with Crippen molar-refractivity contribution in [2.75, 3.05) is 12.4 Å². The molecule has 4 N–H and O–H groups in total. The Labute approximate surface area is 206 Å². The molecule has 35 heavy (non-hydrogen) atoms. The van der Waals surface area contributed by atoms with Crippen molar-refractivity contribution in [1.29, 1.82) is 0 Å². The van der Waals surface area contributed by atoms with Gasteiger partial charge in [-0.15, -0.1) is 0 Å². The van der Waals surface area contributed by atoms with Crippen LogP contribution in [0.3, 0.4) is 0 Å². The molecule has 2 aromatic rings. The fourth-order valence-electron chi connectivity index (χ4n) is 5.76. The topological polar surface area (TPSA) is 131 Å². The van der Waals surface area contributed by atoms with Crippen molar-refractivity contribution < 1.29 is 23.9 Å². The second-order valence-electron chi connectivity index (χ2n) is 9.19. The minimum absolute atomic E-state index is 0.0130. The van der Waals surface area contributed by atoms with Gasteiger partial charge in [0.2, 0.25) is 23.6 Å². The maximum atomic E-state index is 13.9. The number of fused-ring (bicyclic) bond motifs is 4. The van der Waals surface area contributed by atoms with Gasteiger partial charge < -0.3 is 15.8 Å². The molecule has 4 atom stereocenters. The molecule has 2 unspecified atom stereocenters. The van der Waals surface area contributed by atoms with E-state index in [4.69, 9.17) is 22.1 Å². The number of methoxy groups -OCH3 is 1. The van der Waals surface area contributed by atoms with E-state index in [0.29, 0.717) is 33.1 Å². The zero-order valence-corrected chi connectivity index (χ0v) is 20.0. The molecular formula is C25H25ClN4O5. The van der Waals surface area contributed by atoms with E-state index < -0.39 is 47.0 Å². The lowest BCUT2D eigenvalue weighted by Gasteiger charge is -2.29. The van der Waals surface area contributed by atoms with Gasteiger partial charge in [0, 0.05) is 28.6 Å². The standard InChI is InChI=1S/C25H25ClN4O5/c1-12-15(26)8-7-14-21(12)28-24(34)25(14)20-19(16(29-25)9-10-18(27)31)22(32)30(23(20)33)11-13-5-3-4-6-17(13)35-2/h3-8,16,19-20,29H,9-11H2,1-2H3,(H2,27,31)(H,28,34)/t16?,19-,20+,25?/m1/s1. The van der Waals surface area contributed by atoms with Crippen LogP contribution in [0, 0.1) is 18.8 Å². The molecule has 0 aromatic heterocycles. The van der Waals surface area contributed by atoms with Crippen LogP contribution in [0.1, 0.15) is 29.5 Å². The number of primary amides is 1. The van der Waals surface area contributed by atoms with Crippen LogP contribution in [0.25, 0.3) is 0 Å². The first-order valence-corrected chi connectivity index (χ1v) is 11.7. The fourth-order valence-corrected chi connectivity index (χ4v) is 5.91. The van der Waals surface area contributed by atoms with Gasteiger partial charge in [0.15, 0.2) is 0 Å². The lowest BCUT2D eigenvalue weighted by Crippen LogP contribution is -2.53. The molecule has 3 heterocycles. The number of nitrogens with one attached hydrogen (secondary N) is 2. The number of ether oxygens (including phenoxy) is 1. The monoisotopic (exact) mass is 496 g/mol. The van der Waals surface area contributed by atoms with Crippen LogP contribution >= 0.6 is 11.6 Å². The smallest absolute Gasteiger partial charge is 0.250 e. The van der Waals surface area contributed by atoms with Gasteiger partial charge in [-0.3, -0.25) is 29.4 Å². The third-order valence-electron chi connectivity index (χ3n) is 7.40. The molecular weight excluding hydrogens is 472 g/mol. The Morgan fingerprint density at radius 2 is 1.91 bits per heavy atom. The second kappa shape index (κ2) is 8.35. The molecule has 3 aliphatic rings. The van der Waals surface area contributed by atoms with E-state index in [-0.39, 0.29) is 19.4 Å². The van der Waals surface area contributed by atoms with Crippen LogP contribution in [0.2, 0.25) is 5.02 Å². The number of amides is 4. The molecule has 3 aliphatic heterocycles. The van der Waals surface area contributed by atoms with Crippen LogP contribution in [-0.2, 0) is 31.3 Å². The van der Waals surface area contributed by atoms with Gasteiger partial charge in [0.05, 0.1) is 31.2 Å². The van der Waals surface area contributed by atoms with Crippen molar-refractivity contribution in [3.05, 3.63) is 58.1 Å². The van der Waals surface area contributed by atoms with E-state index in [0.717, 1.165) is 0 Å². The van der Waals surface area contributed by atoms with Gasteiger partial charge in [-0.05, 0) is 31.0 Å². The van der Waals surface area contributed by atoms with Gasteiger partial charge in [0.1, 0.15) is 11.3 Å². The summed E-state index contributed by atoms with van der Waals surface area (Å²) in [5.41, 5.74) is 6.38. The zero-order chi connectivity index (χ0) is 25.1. The highest BCUT2D eigenvalue weighted by molar-refractivity contribution is 6.32. The third kappa shape index (κ3) is 3.33. The van der Waals surface area contributed by atoms with E-state index in [1.54, 1.807) is 43.3 Å². The summed E-state index contributed by atoms with van der Waals surface area (Å²) in [6, 6.07) is 9.94. The molecule has 0 saturated carbocycles. The Hall–Kier alpha value is -3.43. The first kappa shape index (κ1) is 23.3. The highest BCUT2D eigenvalue weighted by atomic mass is 35.5. The second-order valence-corrected chi connectivity index (χ2v) is 9.60. The maximum absolute atomic E-state index is 13.9. The summed E-state index contributed by atoms with van der Waals surface area (Å²) in [4.78, 5) is 53.9. The number of anilines is 1. The number of imide groups is 1. The molecule has 2 saturated heterocycles. The molecule has 1 spiro atoms. The number of rotatable bonds is 6. The molecule has 2 aromatic carbocycles. The Morgan fingerprint density at radius 3 is 2.63 bits per heavy atom. The number of likely N-dealkylation sites (tertiary alicyclic amines) is 1. The van der Waals surface area contributed by atoms with Crippen LogP contribution < -0.4 is 21.1 Å². The minimum atomic E-state index is -1.46. The Balaban J connectivity index is 1.60. The summed E-state index contributed by atoms with van der Waals surface area (Å²) >= 11 is 6.29. The maximum Gasteiger partial charge on any atom is 0.250 e. The lowest BCUT2D eigenvalue weighted by molar-refractivity contribution is -0.143. The first-order valence-electron chi connectivity index (χ1n) is 11.3. The van der Waals surface area contributed by atoms with Gasteiger partial charge in [-0.2, -0.15) is 0 Å². The van der Waals surface area contributed by atoms with E-state index in [1.165, 1.54) is 12.0 Å². The molecule has 9 nitrogen and oxygen atoms in total. The van der Waals surface area contributed by atoms with Crippen molar-refractivity contribution in [1.82, 2.24) is 10.2 Å². The van der Waals surface area contributed by atoms with Crippen LogP contribution in [-0.4, -0.2) is 41.7 Å². The average Bonchev–Trinajstić information content (AvgIpc) is 3.41. The summed E-state index contributed by atoms with van der Waals surface area (Å²) in [7, 11) is 1.52. The lowest BCUT2D eigenvalue weighted by atomic mass is 9.76. The van der Waals surface area contributed by atoms with Gasteiger partial charge >= 0.3 is 0 Å². The van der Waals surface area contributed by atoms with Crippen molar-refractivity contribution in [2.24, 2.45) is 17.6 Å². The number of halogens is 1. The molecule has 0 aliphatic carbocycles. The summed E-state index contributed by atoms with van der Waals surface area (Å²) < 4.78 is 5.40. The number of nitrogens with two attached hydrogens (primary N) is 1. The van der Waals surface area contributed by atoms with Gasteiger partial charge in [-0.25, -0.2) is 0 Å². The zero-order valence-electron chi connectivity index (χ0n) is 19.3. The molecule has 0 radical (unpaired) electrons. The Bertz CT molecular complexity index is 1280. The summed E-state index contributed by atoms with van der Waals surface area (Å²) in [6.45, 7) is 1.80. The predicted molar refractivity (Wildman–Crippen MR) is 127 cm³/mol. The highest BCUT2D eigenvalue weighted by Crippen LogP contribution is 2.54. The van der Waals surface area contributed by atoms with Crippen molar-refractivity contribution in [3.63, 3.8) is 0 Å². The van der Waals surface area contributed by atoms with Crippen LogP contribution in [0.5, 0.6) is 5.75 Å². The van der Waals surface area contributed by atoms with Crippen molar-refractivity contribution in [3.8, 4) is 5.75 Å². The van der Waals surface area contributed by atoms with E-state index >= 15 is 0 Å². The largest absolute Gasteiger partial charge is 0.496 e. The molecule has 4 amide bonds. The first-order chi connectivity index (χ1) is 16.7. The highest BCUT2D eigenvalue weighted by Gasteiger charge is 2.70. The van der Waals surface area contributed by atoms with E-state index in [2.05, 4.69) is 10.6 Å². The van der Waals surface area contributed by atoms with E-state index in [9.17, 15) is 19.2 Å². The van der Waals surface area contributed by atoms with Crippen molar-refractivity contribution >= 4 is 40.9 Å². The number of hydrogen-bond donors (Lipinski definition) is 3. The molecule has 10 heteroatoms. The molecule has 182 valence electrons. The molecule has 0 bridgehead atoms. The van der Waals surface area contributed by atoms with Gasteiger partial charge in [-0.1, -0.05) is 35.9 Å². The van der Waals surface area contributed by atoms with Crippen LogP contribution in [0.4, 0.5) is 5.69 Å². The van der Waals surface area contributed by atoms with Crippen molar-refractivity contribution in [2.45, 2.75) is 37.9 Å². The SMILES string of the molecule is COc1ccccc1CN1C(=O)[C@@H]2C(CCC(N)=O)NC3(C(=O)Nc4c3ccc(Cl)c4C)[C@@H]2C1=O. The quantitative estimate of drug-likeness (QED) is 0.523. The molecule has 5 rings (SSSR count). The van der Waals surface area contributed by atoms with Crippen LogP contribution in [0.15, 0.2) is 36.4 Å². The minimum Gasteiger partial charge on any atom is -0.496 e. The number of benzene rings is 2. The number of carbonyl (C=O) groups excluding carboxylic acids is 4. The van der Waals surface area contributed by atoms with Gasteiger partial charge in [0.25, 0.3) is 0 Å². The third-order valence-corrected chi connectivity index (χ3v) is 7.81. The molecule has 2 fully saturated rings. The summed E-state index contributed by atoms with van der Waals surface area (Å²) in [5.74, 6) is -3.04. The normalized spacial score (nSPS) is 26.8. The number of hydrogen-bond acceptors (Lipinski definition) is 6. The fraction of sp³-hybridized carbons (Fsp3) is 0.360.